The van der Waals surface area contributed by atoms with Crippen LogP contribution in [-0.2, 0) is 6.54 Å². The summed E-state index contributed by atoms with van der Waals surface area (Å²) in [6, 6.07) is 6.42. The smallest absolute Gasteiger partial charge is 0.121 e. The van der Waals surface area contributed by atoms with Gasteiger partial charge in [0.15, 0.2) is 0 Å². The summed E-state index contributed by atoms with van der Waals surface area (Å²) in [5, 5.41) is 2.07. The van der Waals surface area contributed by atoms with Gasteiger partial charge in [0, 0.05) is 24.5 Å². The minimum absolute atomic E-state index is 0.182. The molecule has 0 fully saturated rings. The van der Waals surface area contributed by atoms with E-state index in [4.69, 9.17) is 10.5 Å². The van der Waals surface area contributed by atoms with Crippen molar-refractivity contribution < 1.29 is 4.74 Å². The molecule has 20 heavy (non-hydrogen) atoms. The first-order valence-corrected chi connectivity index (χ1v) is 7.52. The molecule has 0 spiro atoms. The monoisotopic (exact) mass is 291 g/mol. The predicted molar refractivity (Wildman–Crippen MR) is 83.1 cm³/mol. The van der Waals surface area contributed by atoms with E-state index in [2.05, 4.69) is 41.4 Å². The molecule has 1 atom stereocenters. The maximum Gasteiger partial charge on any atom is 0.121 e. The molecule has 2 aromatic rings. The van der Waals surface area contributed by atoms with Gasteiger partial charge in [-0.25, -0.2) is 4.98 Å². The Balaban J connectivity index is 2.16. The first-order chi connectivity index (χ1) is 9.65. The topological polar surface area (TPSA) is 51.4 Å². The molecule has 1 aromatic heterocycles. The summed E-state index contributed by atoms with van der Waals surface area (Å²) in [7, 11) is 3.77. The number of ether oxygens (including phenoxy) is 1. The molecule has 1 aromatic carbocycles. The highest BCUT2D eigenvalue weighted by atomic mass is 32.1. The Morgan fingerprint density at radius 2 is 2.25 bits per heavy atom. The molecular formula is C15H21N3OS. The van der Waals surface area contributed by atoms with E-state index in [1.54, 1.807) is 18.4 Å². The Morgan fingerprint density at radius 3 is 2.80 bits per heavy atom. The summed E-state index contributed by atoms with van der Waals surface area (Å²) in [5.41, 5.74) is 11.2. The van der Waals surface area contributed by atoms with E-state index in [0.717, 1.165) is 23.6 Å². The Bertz CT molecular complexity index is 542. The zero-order chi connectivity index (χ0) is 14.5. The van der Waals surface area contributed by atoms with E-state index in [1.807, 2.05) is 11.6 Å². The Labute approximate surface area is 124 Å². The minimum atomic E-state index is 0.182. The van der Waals surface area contributed by atoms with Gasteiger partial charge in [-0.05, 0) is 31.2 Å². The zero-order valence-corrected chi connectivity index (χ0v) is 13.0. The van der Waals surface area contributed by atoms with Gasteiger partial charge in [0.25, 0.3) is 0 Å². The SMILES string of the molecule is COc1ccc(C(CN)N(C)Cc2cscn2)cc1C. The number of rotatable bonds is 6. The number of aryl methyl sites for hydroxylation is 1. The van der Waals surface area contributed by atoms with Gasteiger partial charge in [-0.2, -0.15) is 0 Å². The number of aromatic nitrogens is 1. The quantitative estimate of drug-likeness (QED) is 0.889. The van der Waals surface area contributed by atoms with Gasteiger partial charge in [0.1, 0.15) is 5.75 Å². The predicted octanol–water partition coefficient (Wildman–Crippen LogP) is 2.59. The van der Waals surface area contributed by atoms with Crippen molar-refractivity contribution in [2.45, 2.75) is 19.5 Å². The maximum absolute atomic E-state index is 5.96. The highest BCUT2D eigenvalue weighted by Gasteiger charge is 2.17. The fourth-order valence-electron chi connectivity index (χ4n) is 2.36. The standard InChI is InChI=1S/C15H21N3OS/c1-11-6-12(4-5-15(11)19-3)14(7-16)18(2)8-13-9-20-10-17-13/h4-6,9-10,14H,7-8,16H2,1-3H3. The lowest BCUT2D eigenvalue weighted by atomic mass is 10.0. The van der Waals surface area contributed by atoms with E-state index in [-0.39, 0.29) is 6.04 Å². The summed E-state index contributed by atoms with van der Waals surface area (Å²) in [6.45, 7) is 3.43. The molecular weight excluding hydrogens is 270 g/mol. The molecule has 0 radical (unpaired) electrons. The third-order valence-corrected chi connectivity index (χ3v) is 4.09. The van der Waals surface area contributed by atoms with Gasteiger partial charge in [-0.15, -0.1) is 11.3 Å². The molecule has 5 heteroatoms. The lowest BCUT2D eigenvalue weighted by molar-refractivity contribution is 0.239. The van der Waals surface area contributed by atoms with Crippen LogP contribution in [0.1, 0.15) is 22.9 Å². The number of hydrogen-bond donors (Lipinski definition) is 1. The number of thiazole rings is 1. The van der Waals surface area contributed by atoms with Gasteiger partial charge in [-0.3, -0.25) is 4.90 Å². The van der Waals surface area contributed by atoms with Gasteiger partial charge in [0.2, 0.25) is 0 Å². The van der Waals surface area contributed by atoms with Crippen LogP contribution in [0.2, 0.25) is 0 Å². The second-order valence-electron chi connectivity index (χ2n) is 4.88. The molecule has 1 unspecified atom stereocenters. The molecule has 0 aliphatic heterocycles. The van der Waals surface area contributed by atoms with Crippen LogP contribution in [-0.4, -0.2) is 30.6 Å². The molecule has 2 rings (SSSR count). The first kappa shape index (κ1) is 15.0. The fraction of sp³-hybridized carbons (Fsp3) is 0.400. The van der Waals surface area contributed by atoms with Crippen molar-refractivity contribution in [3.63, 3.8) is 0 Å². The average molecular weight is 291 g/mol. The largest absolute Gasteiger partial charge is 0.496 e. The van der Waals surface area contributed by atoms with Gasteiger partial charge in [0.05, 0.1) is 18.3 Å². The molecule has 0 aliphatic rings. The lowest BCUT2D eigenvalue weighted by Gasteiger charge is -2.27. The van der Waals surface area contributed by atoms with Crippen LogP contribution in [0.5, 0.6) is 5.75 Å². The van der Waals surface area contributed by atoms with Crippen LogP contribution in [0.3, 0.4) is 0 Å². The number of hydrogen-bond acceptors (Lipinski definition) is 5. The average Bonchev–Trinajstić information content (AvgIpc) is 2.92. The van der Waals surface area contributed by atoms with E-state index in [1.165, 1.54) is 5.56 Å². The van der Waals surface area contributed by atoms with Crippen molar-refractivity contribution in [2.75, 3.05) is 20.7 Å². The third-order valence-electron chi connectivity index (χ3n) is 3.45. The molecule has 4 nitrogen and oxygen atoms in total. The maximum atomic E-state index is 5.96. The second-order valence-corrected chi connectivity index (χ2v) is 5.59. The molecule has 1 heterocycles. The molecule has 2 N–H and O–H groups in total. The van der Waals surface area contributed by atoms with Gasteiger partial charge < -0.3 is 10.5 Å². The highest BCUT2D eigenvalue weighted by Crippen LogP contribution is 2.25. The van der Waals surface area contributed by atoms with Crippen molar-refractivity contribution in [1.82, 2.24) is 9.88 Å². The Kier molecular flexibility index (Phi) is 5.11. The van der Waals surface area contributed by atoms with Crippen LogP contribution in [0.4, 0.5) is 0 Å². The van der Waals surface area contributed by atoms with Crippen molar-refractivity contribution in [2.24, 2.45) is 5.73 Å². The highest BCUT2D eigenvalue weighted by molar-refractivity contribution is 7.07. The van der Waals surface area contributed by atoms with Crippen molar-refractivity contribution in [3.8, 4) is 5.75 Å². The summed E-state index contributed by atoms with van der Waals surface area (Å²) >= 11 is 1.62. The minimum Gasteiger partial charge on any atom is -0.496 e. The molecule has 0 amide bonds. The normalized spacial score (nSPS) is 12.7. The molecule has 108 valence electrons. The number of nitrogens with zero attached hydrogens (tertiary/aromatic N) is 2. The van der Waals surface area contributed by atoms with E-state index >= 15 is 0 Å². The number of benzene rings is 1. The Hall–Kier alpha value is -1.43. The van der Waals surface area contributed by atoms with Crippen molar-refractivity contribution in [3.05, 3.63) is 45.9 Å². The molecule has 0 saturated carbocycles. The molecule has 0 aliphatic carbocycles. The number of methoxy groups -OCH3 is 1. The van der Waals surface area contributed by atoms with E-state index < -0.39 is 0 Å². The van der Waals surface area contributed by atoms with Gasteiger partial charge in [-0.1, -0.05) is 12.1 Å². The van der Waals surface area contributed by atoms with Crippen LogP contribution < -0.4 is 10.5 Å². The third kappa shape index (κ3) is 3.36. The number of nitrogens with two attached hydrogens (primary N) is 1. The summed E-state index contributed by atoms with van der Waals surface area (Å²) in [6.07, 6.45) is 0. The first-order valence-electron chi connectivity index (χ1n) is 6.57. The van der Waals surface area contributed by atoms with Gasteiger partial charge >= 0.3 is 0 Å². The number of likely N-dealkylation sites (N-methyl/N-ethyl adjacent to an activating group) is 1. The molecule has 0 bridgehead atoms. The molecule has 0 saturated heterocycles. The van der Waals surface area contributed by atoms with E-state index in [9.17, 15) is 0 Å². The van der Waals surface area contributed by atoms with Crippen LogP contribution in [0.15, 0.2) is 29.1 Å². The van der Waals surface area contributed by atoms with Crippen LogP contribution in [0.25, 0.3) is 0 Å². The fourth-order valence-corrected chi connectivity index (χ4v) is 2.91. The van der Waals surface area contributed by atoms with E-state index in [0.29, 0.717) is 6.54 Å². The van der Waals surface area contributed by atoms with Crippen molar-refractivity contribution in [1.29, 1.82) is 0 Å². The van der Waals surface area contributed by atoms with Crippen LogP contribution >= 0.6 is 11.3 Å². The summed E-state index contributed by atoms with van der Waals surface area (Å²) in [4.78, 5) is 6.56. The van der Waals surface area contributed by atoms with Crippen LogP contribution in [0, 0.1) is 6.92 Å². The summed E-state index contributed by atoms with van der Waals surface area (Å²) in [5.74, 6) is 0.909. The second kappa shape index (κ2) is 6.83. The lowest BCUT2D eigenvalue weighted by Crippen LogP contribution is -2.30. The van der Waals surface area contributed by atoms with Crippen molar-refractivity contribution >= 4 is 11.3 Å². The Morgan fingerprint density at radius 1 is 1.45 bits per heavy atom. The summed E-state index contributed by atoms with van der Waals surface area (Å²) < 4.78 is 5.31. The zero-order valence-electron chi connectivity index (χ0n) is 12.2.